The Kier molecular flexibility index (Phi) is 12.5. The van der Waals surface area contributed by atoms with E-state index in [-0.39, 0.29) is 31.1 Å². The molecule has 12 nitrogen and oxygen atoms in total. The highest BCUT2D eigenvalue weighted by Gasteiger charge is 2.32. The summed E-state index contributed by atoms with van der Waals surface area (Å²) in [5, 5.41) is 26.1. The van der Waals surface area contributed by atoms with Crippen molar-refractivity contribution in [3.05, 3.63) is 0 Å². The van der Waals surface area contributed by atoms with Crippen molar-refractivity contribution in [2.45, 2.75) is 84.2 Å². The summed E-state index contributed by atoms with van der Waals surface area (Å²) in [6, 6.07) is -4.71. The van der Waals surface area contributed by atoms with Crippen LogP contribution in [0.3, 0.4) is 0 Å². The number of aliphatic hydroxyl groups is 1. The van der Waals surface area contributed by atoms with Crippen LogP contribution in [0.5, 0.6) is 0 Å². The third kappa shape index (κ3) is 10.5. The minimum atomic E-state index is -1.36. The minimum Gasteiger partial charge on any atom is -0.480 e. The molecule has 32 heavy (non-hydrogen) atoms. The van der Waals surface area contributed by atoms with E-state index in [2.05, 4.69) is 16.0 Å². The smallest absolute Gasteiger partial charge is 0.326 e. The predicted molar refractivity (Wildman–Crippen MR) is 116 cm³/mol. The van der Waals surface area contributed by atoms with Gasteiger partial charge in [-0.15, -0.1) is 0 Å². The summed E-state index contributed by atoms with van der Waals surface area (Å²) in [6.45, 7) is 8.34. The summed E-state index contributed by atoms with van der Waals surface area (Å²) >= 11 is 0. The third-order valence-corrected chi connectivity index (χ3v) is 4.70. The van der Waals surface area contributed by atoms with E-state index in [4.69, 9.17) is 11.5 Å². The molecule has 0 aliphatic carbocycles. The van der Waals surface area contributed by atoms with E-state index in [0.29, 0.717) is 0 Å². The standard InChI is InChI=1S/C20H37N5O7/c1-9(2)8-13(17(28)23-12(20(31)32)6-7-14(21)27)24-19(30)16(10(3)4)25-18(29)15(22)11(5)26/h9-13,15-16,26H,6-8,22H2,1-5H3,(H2,21,27)(H,23,28)(H,24,30)(H,25,29)(H,31,32). The fourth-order valence-corrected chi connectivity index (χ4v) is 2.78. The van der Waals surface area contributed by atoms with Gasteiger partial charge in [0.1, 0.15) is 24.2 Å². The van der Waals surface area contributed by atoms with E-state index >= 15 is 0 Å². The van der Waals surface area contributed by atoms with Gasteiger partial charge in [0.2, 0.25) is 23.6 Å². The third-order valence-electron chi connectivity index (χ3n) is 4.70. The first-order valence-electron chi connectivity index (χ1n) is 10.5. The molecular formula is C20H37N5O7. The molecule has 0 heterocycles. The Morgan fingerprint density at radius 1 is 0.844 bits per heavy atom. The molecule has 0 bridgehead atoms. The number of hydrogen-bond acceptors (Lipinski definition) is 7. The summed E-state index contributed by atoms with van der Waals surface area (Å²) in [6.07, 6.45) is -1.35. The normalized spacial score (nSPS) is 15.9. The maximum atomic E-state index is 12.9. The van der Waals surface area contributed by atoms with Gasteiger partial charge in [0.15, 0.2) is 0 Å². The Morgan fingerprint density at radius 3 is 1.78 bits per heavy atom. The van der Waals surface area contributed by atoms with Gasteiger partial charge in [0, 0.05) is 6.42 Å². The highest BCUT2D eigenvalue weighted by Crippen LogP contribution is 2.09. The fraction of sp³-hybridized carbons (Fsp3) is 0.750. The van der Waals surface area contributed by atoms with Crippen molar-refractivity contribution in [2.24, 2.45) is 23.3 Å². The van der Waals surface area contributed by atoms with E-state index in [1.165, 1.54) is 6.92 Å². The van der Waals surface area contributed by atoms with Gasteiger partial charge in [0.05, 0.1) is 6.10 Å². The topological polar surface area (TPSA) is 214 Å². The molecule has 0 aromatic heterocycles. The van der Waals surface area contributed by atoms with Crippen LogP contribution in [0.25, 0.3) is 0 Å². The molecule has 0 fully saturated rings. The summed E-state index contributed by atoms with van der Waals surface area (Å²) < 4.78 is 0. The highest BCUT2D eigenvalue weighted by atomic mass is 16.4. The SMILES string of the molecule is CC(C)CC(NC(=O)C(NC(=O)C(N)C(C)O)C(C)C)C(=O)NC(CCC(N)=O)C(=O)O. The molecule has 0 rings (SSSR count). The zero-order chi connectivity index (χ0) is 25.2. The van der Waals surface area contributed by atoms with Crippen molar-refractivity contribution in [1.82, 2.24) is 16.0 Å². The summed E-state index contributed by atoms with van der Waals surface area (Å²) in [5.74, 6) is -4.57. The number of carboxylic acids is 1. The maximum Gasteiger partial charge on any atom is 0.326 e. The van der Waals surface area contributed by atoms with Gasteiger partial charge in [-0.05, 0) is 31.6 Å². The quantitative estimate of drug-likeness (QED) is 0.157. The number of aliphatic carboxylic acids is 1. The van der Waals surface area contributed by atoms with Crippen LogP contribution < -0.4 is 27.4 Å². The van der Waals surface area contributed by atoms with Crippen LogP contribution in [0.15, 0.2) is 0 Å². The first kappa shape index (κ1) is 29.3. The van der Waals surface area contributed by atoms with Gasteiger partial charge < -0.3 is 37.6 Å². The van der Waals surface area contributed by atoms with Gasteiger partial charge in [0.25, 0.3) is 0 Å². The Labute approximate surface area is 187 Å². The number of carbonyl (C=O) groups is 5. The molecule has 0 aliphatic rings. The molecule has 184 valence electrons. The lowest BCUT2D eigenvalue weighted by molar-refractivity contribution is -0.142. The average Bonchev–Trinajstić information content (AvgIpc) is 2.66. The number of primary amides is 1. The summed E-state index contributed by atoms with van der Waals surface area (Å²) in [5.41, 5.74) is 10.7. The number of nitrogens with two attached hydrogens (primary N) is 2. The van der Waals surface area contributed by atoms with Crippen LogP contribution in [0, 0.1) is 11.8 Å². The predicted octanol–water partition coefficient (Wildman–Crippen LogP) is -1.80. The van der Waals surface area contributed by atoms with Gasteiger partial charge in [-0.1, -0.05) is 27.7 Å². The number of hydrogen-bond donors (Lipinski definition) is 7. The molecule has 12 heteroatoms. The molecule has 0 aromatic carbocycles. The Morgan fingerprint density at radius 2 is 1.38 bits per heavy atom. The number of rotatable bonds is 14. The lowest BCUT2D eigenvalue weighted by Gasteiger charge is -2.28. The zero-order valence-electron chi connectivity index (χ0n) is 19.3. The number of amides is 4. The molecule has 0 radical (unpaired) electrons. The summed E-state index contributed by atoms with van der Waals surface area (Å²) in [7, 11) is 0. The second-order valence-electron chi connectivity index (χ2n) is 8.59. The largest absolute Gasteiger partial charge is 0.480 e. The molecule has 9 N–H and O–H groups in total. The number of nitrogens with one attached hydrogen (secondary N) is 3. The van der Waals surface area contributed by atoms with E-state index in [1.54, 1.807) is 13.8 Å². The van der Waals surface area contributed by atoms with Crippen molar-refractivity contribution < 1.29 is 34.2 Å². The van der Waals surface area contributed by atoms with Crippen molar-refractivity contribution in [1.29, 1.82) is 0 Å². The minimum absolute atomic E-state index is 0.0318. The van der Waals surface area contributed by atoms with Gasteiger partial charge in [-0.2, -0.15) is 0 Å². The number of carboxylic acid groups (broad SMARTS) is 1. The van der Waals surface area contributed by atoms with Gasteiger partial charge in [-0.3, -0.25) is 19.2 Å². The second-order valence-corrected chi connectivity index (χ2v) is 8.59. The first-order chi connectivity index (χ1) is 14.7. The molecule has 0 aliphatic heterocycles. The van der Waals surface area contributed by atoms with Gasteiger partial charge >= 0.3 is 5.97 Å². The summed E-state index contributed by atoms with van der Waals surface area (Å²) in [4.78, 5) is 60.2. The molecule has 5 unspecified atom stereocenters. The fourth-order valence-electron chi connectivity index (χ4n) is 2.78. The molecular weight excluding hydrogens is 422 g/mol. The number of aliphatic hydroxyl groups excluding tert-OH is 1. The van der Waals surface area contributed by atoms with E-state index < -0.39 is 59.9 Å². The molecule has 0 aromatic rings. The lowest BCUT2D eigenvalue weighted by Crippen LogP contribution is -2.59. The first-order valence-corrected chi connectivity index (χ1v) is 10.5. The van der Waals surface area contributed by atoms with Crippen LogP contribution in [0.2, 0.25) is 0 Å². The number of carbonyl (C=O) groups excluding carboxylic acids is 4. The van der Waals surface area contributed by atoms with Crippen LogP contribution in [-0.2, 0) is 24.0 Å². The lowest BCUT2D eigenvalue weighted by atomic mass is 9.99. The van der Waals surface area contributed by atoms with Crippen molar-refractivity contribution in [3.63, 3.8) is 0 Å². The van der Waals surface area contributed by atoms with Crippen LogP contribution in [-0.4, -0.2) is 70.1 Å². The Bertz CT molecular complexity index is 681. The average molecular weight is 460 g/mol. The van der Waals surface area contributed by atoms with Crippen molar-refractivity contribution in [3.8, 4) is 0 Å². The van der Waals surface area contributed by atoms with E-state index in [0.717, 1.165) is 0 Å². The maximum absolute atomic E-state index is 12.9. The highest BCUT2D eigenvalue weighted by molar-refractivity contribution is 5.94. The van der Waals surface area contributed by atoms with E-state index in [1.807, 2.05) is 13.8 Å². The van der Waals surface area contributed by atoms with Gasteiger partial charge in [-0.25, -0.2) is 4.79 Å². The van der Waals surface area contributed by atoms with Crippen LogP contribution in [0.4, 0.5) is 0 Å². The van der Waals surface area contributed by atoms with Crippen LogP contribution in [0.1, 0.15) is 53.9 Å². The van der Waals surface area contributed by atoms with Crippen LogP contribution >= 0.6 is 0 Å². The second kappa shape index (κ2) is 13.6. The van der Waals surface area contributed by atoms with Crippen molar-refractivity contribution in [2.75, 3.05) is 0 Å². The molecule has 0 spiro atoms. The molecule has 4 amide bonds. The molecule has 5 atom stereocenters. The Hall–Kier alpha value is -2.73. The Balaban J connectivity index is 5.45. The molecule has 0 saturated carbocycles. The van der Waals surface area contributed by atoms with Crippen molar-refractivity contribution >= 4 is 29.6 Å². The zero-order valence-corrected chi connectivity index (χ0v) is 19.3. The van der Waals surface area contributed by atoms with E-state index in [9.17, 15) is 34.2 Å². The monoisotopic (exact) mass is 459 g/mol. The molecule has 0 saturated heterocycles.